The van der Waals surface area contributed by atoms with Crippen LogP contribution in [-0.4, -0.2) is 33.2 Å². The fourth-order valence-corrected chi connectivity index (χ4v) is 2.85. The van der Waals surface area contributed by atoms with Crippen molar-refractivity contribution >= 4 is 17.9 Å². The zero-order valence-corrected chi connectivity index (χ0v) is 14.6. The normalized spacial score (nSPS) is 10.4. The second-order valence-corrected chi connectivity index (χ2v) is 6.12. The maximum Gasteiger partial charge on any atom is 0.335 e. The van der Waals surface area contributed by atoms with Gasteiger partial charge in [0.15, 0.2) is 11.9 Å². The van der Waals surface area contributed by atoms with E-state index in [0.717, 1.165) is 17.3 Å². The van der Waals surface area contributed by atoms with Crippen LogP contribution in [0.5, 0.6) is 0 Å². The fourth-order valence-electron chi connectivity index (χ4n) is 2.85. The number of aromatic nitrogens is 1. The van der Waals surface area contributed by atoms with Gasteiger partial charge in [-0.3, -0.25) is 0 Å². The molecule has 0 bridgehead atoms. The lowest BCUT2D eigenvalue weighted by atomic mass is 10.1. The molecule has 0 saturated heterocycles. The molecule has 0 atom stereocenters. The summed E-state index contributed by atoms with van der Waals surface area (Å²) in [4.78, 5) is 33.7. The van der Waals surface area contributed by atoms with Crippen molar-refractivity contribution in [2.45, 2.75) is 6.42 Å². The number of carbonyl (C=O) groups is 3. The third-order valence-electron chi connectivity index (χ3n) is 4.22. The van der Waals surface area contributed by atoms with Gasteiger partial charge < -0.3 is 15.3 Å². The van der Waals surface area contributed by atoms with Crippen LogP contribution in [0.4, 0.5) is 0 Å². The molecule has 3 rings (SSSR count). The summed E-state index contributed by atoms with van der Waals surface area (Å²) in [5.41, 5.74) is 1.99. The molecular formula is C21H16NO6+. The summed E-state index contributed by atoms with van der Waals surface area (Å²) in [6.07, 6.45) is 2.16. The van der Waals surface area contributed by atoms with Crippen molar-refractivity contribution in [1.29, 1.82) is 0 Å². The van der Waals surface area contributed by atoms with Crippen molar-refractivity contribution in [2.24, 2.45) is 0 Å². The van der Waals surface area contributed by atoms with Gasteiger partial charge in [-0.25, -0.2) is 14.4 Å². The summed E-state index contributed by atoms with van der Waals surface area (Å²) in [6.45, 7) is 0. The lowest BCUT2D eigenvalue weighted by Crippen LogP contribution is -2.35. The molecule has 0 spiro atoms. The van der Waals surface area contributed by atoms with Crippen LogP contribution < -0.4 is 4.57 Å². The molecule has 0 fully saturated rings. The second-order valence-electron chi connectivity index (χ2n) is 6.12. The highest BCUT2D eigenvalue weighted by molar-refractivity contribution is 5.94. The van der Waals surface area contributed by atoms with Gasteiger partial charge in [0.25, 0.3) is 0 Å². The molecule has 1 aromatic heterocycles. The third kappa shape index (κ3) is 4.04. The summed E-state index contributed by atoms with van der Waals surface area (Å²) in [5.74, 6) is -3.44. The van der Waals surface area contributed by atoms with Crippen LogP contribution >= 0.6 is 0 Å². The number of pyridine rings is 1. The lowest BCUT2D eigenvalue weighted by Gasteiger charge is -2.06. The first-order valence-electron chi connectivity index (χ1n) is 8.29. The minimum absolute atomic E-state index is 0.122. The molecule has 7 heteroatoms. The minimum Gasteiger partial charge on any atom is -0.478 e. The van der Waals surface area contributed by atoms with Crippen LogP contribution in [-0.2, 0) is 6.42 Å². The third-order valence-corrected chi connectivity index (χ3v) is 4.22. The van der Waals surface area contributed by atoms with Gasteiger partial charge in [-0.1, -0.05) is 18.2 Å². The average Bonchev–Trinajstić information content (AvgIpc) is 2.68. The highest BCUT2D eigenvalue weighted by Gasteiger charge is 2.19. The molecular weight excluding hydrogens is 362 g/mol. The van der Waals surface area contributed by atoms with E-state index in [1.54, 1.807) is 29.0 Å². The Balaban J connectivity index is 2.04. The van der Waals surface area contributed by atoms with E-state index in [2.05, 4.69) is 0 Å². The highest BCUT2D eigenvalue weighted by atomic mass is 16.4. The van der Waals surface area contributed by atoms with Crippen molar-refractivity contribution in [3.63, 3.8) is 0 Å². The Bertz CT molecular complexity index is 1040. The van der Waals surface area contributed by atoms with Crippen molar-refractivity contribution in [1.82, 2.24) is 0 Å². The Labute approximate surface area is 159 Å². The minimum atomic E-state index is -1.22. The van der Waals surface area contributed by atoms with Crippen LogP contribution in [0.15, 0.2) is 66.9 Å². The van der Waals surface area contributed by atoms with Gasteiger partial charge in [-0.05, 0) is 23.8 Å². The summed E-state index contributed by atoms with van der Waals surface area (Å²) < 4.78 is 1.71. The summed E-state index contributed by atoms with van der Waals surface area (Å²) >= 11 is 0. The Kier molecular flexibility index (Phi) is 5.17. The van der Waals surface area contributed by atoms with Gasteiger partial charge in [-0.2, -0.15) is 4.57 Å². The topological polar surface area (TPSA) is 116 Å². The van der Waals surface area contributed by atoms with E-state index in [9.17, 15) is 24.6 Å². The Hall–Kier alpha value is -4.00. The summed E-state index contributed by atoms with van der Waals surface area (Å²) in [6, 6.07) is 15.8. The zero-order chi connectivity index (χ0) is 20.3. The maximum absolute atomic E-state index is 11.4. The van der Waals surface area contributed by atoms with E-state index in [0.29, 0.717) is 12.1 Å². The Morgan fingerprint density at radius 3 is 1.82 bits per heavy atom. The predicted octanol–water partition coefficient (Wildman–Crippen LogP) is 2.65. The second kappa shape index (κ2) is 7.71. The van der Waals surface area contributed by atoms with Gasteiger partial charge in [0.05, 0.1) is 23.1 Å². The van der Waals surface area contributed by atoms with Crippen LogP contribution in [0.3, 0.4) is 0 Å². The van der Waals surface area contributed by atoms with Gasteiger partial charge in [-0.15, -0.1) is 0 Å². The van der Waals surface area contributed by atoms with E-state index in [1.807, 2.05) is 12.1 Å². The van der Waals surface area contributed by atoms with Crippen LogP contribution in [0.2, 0.25) is 0 Å². The van der Waals surface area contributed by atoms with Crippen LogP contribution in [0.25, 0.3) is 5.69 Å². The average molecular weight is 378 g/mol. The van der Waals surface area contributed by atoms with E-state index in [1.165, 1.54) is 24.3 Å². The first-order valence-corrected chi connectivity index (χ1v) is 8.29. The summed E-state index contributed by atoms with van der Waals surface area (Å²) in [5, 5.41) is 27.6. The molecule has 0 saturated carbocycles. The van der Waals surface area contributed by atoms with Crippen LogP contribution in [0.1, 0.15) is 42.3 Å². The number of nitrogens with zero attached hydrogens (tertiary/aromatic N) is 1. The van der Waals surface area contributed by atoms with Gasteiger partial charge in [0.1, 0.15) is 0 Å². The largest absolute Gasteiger partial charge is 0.478 e. The molecule has 2 aromatic carbocycles. The lowest BCUT2D eigenvalue weighted by molar-refractivity contribution is -0.604. The number of hydrogen-bond acceptors (Lipinski definition) is 3. The molecule has 0 radical (unpaired) electrons. The fraction of sp³-hybridized carbons (Fsp3) is 0.0476. The van der Waals surface area contributed by atoms with Gasteiger partial charge in [0, 0.05) is 24.3 Å². The molecule has 28 heavy (non-hydrogen) atoms. The molecule has 1 heterocycles. The van der Waals surface area contributed by atoms with E-state index in [4.69, 9.17) is 5.11 Å². The standard InChI is InChI=1S/C21H15NO6/c23-19(24)14-6-4-13(5-7-14)9-17-3-1-2-8-22(17)18-11-15(20(25)26)10-16(12-18)21(27)28/h1-8,10-12H,9H2,(H2-,23,24,25,26,27,28)/p+1. The Morgan fingerprint density at radius 1 is 0.714 bits per heavy atom. The summed E-state index contributed by atoms with van der Waals surface area (Å²) in [7, 11) is 0. The first kappa shape index (κ1) is 18.8. The zero-order valence-electron chi connectivity index (χ0n) is 14.6. The molecule has 0 aliphatic heterocycles. The molecule has 3 N–H and O–H groups in total. The Morgan fingerprint density at radius 2 is 1.29 bits per heavy atom. The monoisotopic (exact) mass is 378 g/mol. The predicted molar refractivity (Wildman–Crippen MR) is 98.1 cm³/mol. The molecule has 0 aliphatic carbocycles. The van der Waals surface area contributed by atoms with Gasteiger partial charge in [0.2, 0.25) is 5.69 Å². The first-order chi connectivity index (χ1) is 13.3. The van der Waals surface area contributed by atoms with Crippen molar-refractivity contribution < 1.29 is 34.3 Å². The number of carboxylic acids is 3. The van der Waals surface area contributed by atoms with E-state index < -0.39 is 17.9 Å². The molecule has 0 aliphatic rings. The maximum atomic E-state index is 11.4. The number of benzene rings is 2. The molecule has 0 amide bonds. The SMILES string of the molecule is O=C(O)c1ccc(Cc2cccc[n+]2-c2cc(C(=O)O)cc(C(=O)O)c2)cc1. The number of rotatable bonds is 6. The van der Waals surface area contributed by atoms with Gasteiger partial charge >= 0.3 is 17.9 Å². The number of aromatic carboxylic acids is 3. The molecule has 7 nitrogen and oxygen atoms in total. The van der Waals surface area contributed by atoms with Crippen molar-refractivity contribution in [2.75, 3.05) is 0 Å². The van der Waals surface area contributed by atoms with Crippen molar-refractivity contribution in [3.05, 3.63) is 94.8 Å². The number of hydrogen-bond donors (Lipinski definition) is 3. The molecule has 0 unspecified atom stereocenters. The molecule has 140 valence electrons. The quantitative estimate of drug-likeness (QED) is 0.568. The molecule has 3 aromatic rings. The smallest absolute Gasteiger partial charge is 0.335 e. The van der Waals surface area contributed by atoms with Crippen molar-refractivity contribution in [3.8, 4) is 5.69 Å². The van der Waals surface area contributed by atoms with Crippen LogP contribution in [0, 0.1) is 0 Å². The number of carboxylic acid groups (broad SMARTS) is 3. The highest BCUT2D eigenvalue weighted by Crippen LogP contribution is 2.14. The van der Waals surface area contributed by atoms with E-state index in [-0.39, 0.29) is 16.7 Å². The van der Waals surface area contributed by atoms with E-state index >= 15 is 0 Å².